The molecule has 0 saturated heterocycles. The summed E-state index contributed by atoms with van der Waals surface area (Å²) in [4.78, 5) is 38.2. The van der Waals surface area contributed by atoms with Crippen LogP contribution in [-0.4, -0.2) is 37.2 Å². The summed E-state index contributed by atoms with van der Waals surface area (Å²) in [6.45, 7) is 6.40. The van der Waals surface area contributed by atoms with E-state index in [4.69, 9.17) is 14.2 Å². The fourth-order valence-electron chi connectivity index (χ4n) is 8.01. The van der Waals surface area contributed by atoms with E-state index in [-0.39, 0.29) is 31.1 Å². The first kappa shape index (κ1) is 66.3. The van der Waals surface area contributed by atoms with Crippen molar-refractivity contribution in [3.8, 4) is 0 Å². The van der Waals surface area contributed by atoms with Crippen molar-refractivity contribution in [2.75, 3.05) is 13.2 Å². The Hall–Kier alpha value is -3.67. The van der Waals surface area contributed by atoms with Crippen molar-refractivity contribution in [1.29, 1.82) is 0 Å². The zero-order valence-electron chi connectivity index (χ0n) is 45.8. The summed E-state index contributed by atoms with van der Waals surface area (Å²) in [6, 6.07) is 0. The van der Waals surface area contributed by atoms with Gasteiger partial charge in [0.15, 0.2) is 6.10 Å². The number of unbranched alkanes of at least 4 members (excludes halogenated alkanes) is 25. The number of carbonyl (C=O) groups excluding carboxylic acids is 3. The highest BCUT2D eigenvalue weighted by Gasteiger charge is 2.19. The standard InChI is InChI=1S/C64H108O6/c1-4-7-10-13-16-19-22-25-28-29-30-31-32-33-34-35-37-39-42-45-48-51-54-57-63(66)69-60-61(59-68-62(65)56-53-50-47-44-41-38-27-24-21-18-15-12-9-6-3)70-64(67)58-55-52-49-46-43-40-36-26-23-20-17-14-11-8-5-2/h7-8,10-11,16-17,19-20,25-26,28,30-31,33-34,36,61H,4-6,9,12-15,18,21-24,27,29,32,35,37-60H2,1-3H3/b10-7-,11-8-,19-16-,20-17-,28-25-,31-30-,34-33-,36-26-. The minimum atomic E-state index is -0.791. The maximum absolute atomic E-state index is 12.8. The van der Waals surface area contributed by atoms with Crippen LogP contribution in [0.2, 0.25) is 0 Å². The van der Waals surface area contributed by atoms with Gasteiger partial charge in [-0.15, -0.1) is 0 Å². The van der Waals surface area contributed by atoms with E-state index in [1.807, 2.05) is 0 Å². The number of allylic oxidation sites excluding steroid dienone is 16. The number of carbonyl (C=O) groups is 3. The van der Waals surface area contributed by atoms with Crippen LogP contribution in [0.25, 0.3) is 0 Å². The number of hydrogen-bond acceptors (Lipinski definition) is 6. The van der Waals surface area contributed by atoms with E-state index in [0.717, 1.165) is 135 Å². The Morgan fingerprint density at radius 3 is 0.871 bits per heavy atom. The minimum Gasteiger partial charge on any atom is -0.462 e. The number of hydrogen-bond donors (Lipinski definition) is 0. The van der Waals surface area contributed by atoms with Crippen molar-refractivity contribution in [3.05, 3.63) is 97.2 Å². The molecule has 0 aromatic carbocycles. The van der Waals surface area contributed by atoms with Crippen LogP contribution < -0.4 is 0 Å². The summed E-state index contributed by atoms with van der Waals surface area (Å²) < 4.78 is 16.9. The molecule has 0 rings (SSSR count). The van der Waals surface area contributed by atoms with Crippen LogP contribution in [0.1, 0.15) is 271 Å². The SMILES string of the molecule is CC/C=C\C/C=C\C/C=C\C/C=C\C/C=C\CCCCCCCCCC(=O)OCC(COC(=O)CCCCCCCCCCCCCCCC)OC(=O)CCCCCCC/C=C\C/C=C\C/C=C\CC. The maximum atomic E-state index is 12.8. The van der Waals surface area contributed by atoms with Crippen molar-refractivity contribution < 1.29 is 28.6 Å². The molecule has 0 aliphatic heterocycles. The van der Waals surface area contributed by atoms with Crippen LogP contribution in [0, 0.1) is 0 Å². The van der Waals surface area contributed by atoms with Gasteiger partial charge >= 0.3 is 17.9 Å². The molecule has 6 heteroatoms. The summed E-state index contributed by atoms with van der Waals surface area (Å²) in [7, 11) is 0. The summed E-state index contributed by atoms with van der Waals surface area (Å²) >= 11 is 0. The van der Waals surface area contributed by atoms with Crippen molar-refractivity contribution in [1.82, 2.24) is 0 Å². The van der Waals surface area contributed by atoms with Crippen molar-refractivity contribution in [3.63, 3.8) is 0 Å². The Kier molecular flexibility index (Phi) is 54.9. The quantitative estimate of drug-likeness (QED) is 0.0262. The zero-order chi connectivity index (χ0) is 50.7. The van der Waals surface area contributed by atoms with Gasteiger partial charge in [-0.2, -0.15) is 0 Å². The Morgan fingerprint density at radius 2 is 0.557 bits per heavy atom. The first-order valence-electron chi connectivity index (χ1n) is 29.2. The monoisotopic (exact) mass is 973 g/mol. The van der Waals surface area contributed by atoms with Gasteiger partial charge in [0.1, 0.15) is 13.2 Å². The van der Waals surface area contributed by atoms with Gasteiger partial charge < -0.3 is 14.2 Å². The third-order valence-electron chi connectivity index (χ3n) is 12.3. The molecule has 1 unspecified atom stereocenters. The molecule has 0 aromatic rings. The lowest BCUT2D eigenvalue weighted by atomic mass is 10.0. The van der Waals surface area contributed by atoms with Gasteiger partial charge in [-0.05, 0) is 96.3 Å². The van der Waals surface area contributed by atoms with E-state index in [9.17, 15) is 14.4 Å². The molecule has 0 aromatic heterocycles. The van der Waals surface area contributed by atoms with E-state index in [0.29, 0.717) is 19.3 Å². The average molecular weight is 974 g/mol. The molecular weight excluding hydrogens is 865 g/mol. The van der Waals surface area contributed by atoms with E-state index >= 15 is 0 Å². The van der Waals surface area contributed by atoms with E-state index < -0.39 is 6.10 Å². The van der Waals surface area contributed by atoms with Gasteiger partial charge in [0.2, 0.25) is 0 Å². The Balaban J connectivity index is 4.38. The van der Waals surface area contributed by atoms with Crippen LogP contribution in [0.5, 0.6) is 0 Å². The molecule has 0 spiro atoms. The first-order valence-corrected chi connectivity index (χ1v) is 29.2. The molecule has 0 aliphatic carbocycles. The molecule has 0 fully saturated rings. The Bertz CT molecular complexity index is 1400. The van der Waals surface area contributed by atoms with Crippen molar-refractivity contribution in [2.24, 2.45) is 0 Å². The number of rotatable bonds is 52. The molecule has 0 amide bonds. The topological polar surface area (TPSA) is 78.9 Å². The minimum absolute atomic E-state index is 0.0866. The number of ether oxygens (including phenoxy) is 3. The highest BCUT2D eigenvalue weighted by atomic mass is 16.6. The molecule has 1 atom stereocenters. The average Bonchev–Trinajstić information content (AvgIpc) is 3.36. The van der Waals surface area contributed by atoms with Gasteiger partial charge in [-0.25, -0.2) is 0 Å². The Morgan fingerprint density at radius 1 is 0.300 bits per heavy atom. The summed E-state index contributed by atoms with van der Waals surface area (Å²) in [6.07, 6.45) is 76.8. The van der Waals surface area contributed by atoms with Crippen LogP contribution in [0.4, 0.5) is 0 Å². The molecule has 0 N–H and O–H groups in total. The highest BCUT2D eigenvalue weighted by molar-refractivity contribution is 5.71. The molecule has 0 radical (unpaired) electrons. The van der Waals surface area contributed by atoms with E-state index in [1.54, 1.807) is 0 Å². The molecule has 0 saturated carbocycles. The predicted molar refractivity (Wildman–Crippen MR) is 302 cm³/mol. The van der Waals surface area contributed by atoms with Crippen LogP contribution >= 0.6 is 0 Å². The van der Waals surface area contributed by atoms with Gasteiger partial charge in [0.05, 0.1) is 0 Å². The summed E-state index contributed by atoms with van der Waals surface area (Å²) in [5.74, 6) is -0.910. The van der Waals surface area contributed by atoms with Crippen molar-refractivity contribution >= 4 is 17.9 Å². The zero-order valence-corrected chi connectivity index (χ0v) is 45.8. The van der Waals surface area contributed by atoms with E-state index in [2.05, 4.69) is 118 Å². The maximum Gasteiger partial charge on any atom is 0.306 e. The van der Waals surface area contributed by atoms with Gasteiger partial charge in [0.25, 0.3) is 0 Å². The molecule has 6 nitrogen and oxygen atoms in total. The van der Waals surface area contributed by atoms with Gasteiger partial charge in [-0.1, -0.05) is 253 Å². The summed E-state index contributed by atoms with van der Waals surface area (Å²) in [5.41, 5.74) is 0. The lowest BCUT2D eigenvalue weighted by molar-refractivity contribution is -0.167. The third kappa shape index (κ3) is 55.3. The molecule has 70 heavy (non-hydrogen) atoms. The van der Waals surface area contributed by atoms with Crippen LogP contribution in [-0.2, 0) is 28.6 Å². The van der Waals surface area contributed by atoms with Crippen LogP contribution in [0.15, 0.2) is 97.2 Å². The van der Waals surface area contributed by atoms with Gasteiger partial charge in [-0.3, -0.25) is 14.4 Å². The summed E-state index contributed by atoms with van der Waals surface area (Å²) in [5, 5.41) is 0. The van der Waals surface area contributed by atoms with Crippen LogP contribution in [0.3, 0.4) is 0 Å². The third-order valence-corrected chi connectivity index (χ3v) is 12.3. The molecule has 0 heterocycles. The Labute approximate surface area is 432 Å². The fraction of sp³-hybridized carbons (Fsp3) is 0.703. The predicted octanol–water partition coefficient (Wildman–Crippen LogP) is 19.7. The highest BCUT2D eigenvalue weighted by Crippen LogP contribution is 2.15. The second-order valence-electron chi connectivity index (χ2n) is 19.1. The lowest BCUT2D eigenvalue weighted by Crippen LogP contribution is -2.30. The fourth-order valence-corrected chi connectivity index (χ4v) is 8.01. The second kappa shape index (κ2) is 57.9. The normalized spacial score (nSPS) is 12.8. The molecule has 400 valence electrons. The molecular formula is C64H108O6. The first-order chi connectivity index (χ1) is 34.5. The largest absolute Gasteiger partial charge is 0.462 e. The van der Waals surface area contributed by atoms with Crippen molar-refractivity contribution in [2.45, 2.75) is 277 Å². The second-order valence-corrected chi connectivity index (χ2v) is 19.1. The van der Waals surface area contributed by atoms with E-state index in [1.165, 1.54) is 96.3 Å². The lowest BCUT2D eigenvalue weighted by Gasteiger charge is -2.18. The number of esters is 3. The molecule has 0 aliphatic rings. The van der Waals surface area contributed by atoms with Gasteiger partial charge in [0, 0.05) is 19.3 Å². The molecule has 0 bridgehead atoms. The smallest absolute Gasteiger partial charge is 0.306 e.